The zero-order valence-corrected chi connectivity index (χ0v) is 35.8. The average Bonchev–Trinajstić information content (AvgIpc) is 3.78. The summed E-state index contributed by atoms with van der Waals surface area (Å²) in [7, 11) is 0. The van der Waals surface area contributed by atoms with Gasteiger partial charge in [0.25, 0.3) is 0 Å². The number of fused-ring (bicyclic) bond motifs is 3. The molecular formula is C44H72N6O5. The molecule has 5 N–H and O–H groups in total. The molecule has 0 unspecified atom stereocenters. The fourth-order valence-corrected chi connectivity index (χ4v) is 13.5. The van der Waals surface area contributed by atoms with Gasteiger partial charge in [0.2, 0.25) is 0 Å². The van der Waals surface area contributed by atoms with Crippen molar-refractivity contribution < 1.29 is 24.2 Å². The Morgan fingerprint density at radius 1 is 1.05 bits per heavy atom. The minimum atomic E-state index is -0.649. The molecule has 6 aliphatic rings. The molecule has 1 aromatic heterocycles. The first-order valence-electron chi connectivity index (χ1n) is 21.3. The standard InChI is InChI=1S/C44H72N6O5/c1-26(2)27(3)40(8)17-18-41(9)29-12-13-32-39(7)20-31(50-35(47-25-48-50)28-15-19-49(21-28)37(45)53)34(55-23-43(11,46)38(4,5)6)44(32,24-54-22-39)30(29)14-16-42(41,10)33(40)36(51)52/h14,25-29,31-34H,12-13,15-24,46H2,1-11H3,(H2,45,53)(H,51,52)/t27-,28+,29+,31-,32-,33-,34+,39-,40-,41-,42+,43+,44+/m1/s1. The van der Waals surface area contributed by atoms with Crippen LogP contribution in [0.5, 0.6) is 0 Å². The highest BCUT2D eigenvalue weighted by molar-refractivity contribution is 5.73. The summed E-state index contributed by atoms with van der Waals surface area (Å²) in [5.41, 5.74) is 11.9. The van der Waals surface area contributed by atoms with E-state index in [4.69, 9.17) is 31.0 Å². The van der Waals surface area contributed by atoms with Gasteiger partial charge in [0, 0.05) is 30.0 Å². The van der Waals surface area contributed by atoms with Gasteiger partial charge in [0.1, 0.15) is 12.2 Å². The molecule has 2 bridgehead atoms. The molecule has 2 aliphatic heterocycles. The number of nitrogens with zero attached hydrogens (tertiary/aromatic N) is 4. The Morgan fingerprint density at radius 3 is 2.38 bits per heavy atom. The summed E-state index contributed by atoms with van der Waals surface area (Å²) < 4.78 is 16.4. The van der Waals surface area contributed by atoms with Crippen molar-refractivity contribution in [2.75, 3.05) is 32.9 Å². The van der Waals surface area contributed by atoms with Crippen molar-refractivity contribution in [2.45, 2.75) is 145 Å². The maximum Gasteiger partial charge on any atom is 0.314 e. The first-order valence-corrected chi connectivity index (χ1v) is 21.3. The Bertz CT molecular complexity index is 1700. The minimum absolute atomic E-state index is 0.0227. The molecule has 55 heavy (non-hydrogen) atoms. The Balaban J connectivity index is 1.38. The average molecular weight is 765 g/mol. The van der Waals surface area contributed by atoms with Crippen LogP contribution in [0.4, 0.5) is 4.79 Å². The number of carbonyl (C=O) groups excluding carboxylic acids is 1. The first kappa shape index (κ1) is 40.7. The SMILES string of the molecule is CC(C)[C@@H](C)[C@@]1(C)CC[C@]2(C)[C@H]3CC[C@@H]4[C@@]5(C)COC[C@@]4(C3=CC[C@@]2(C)[C@@H]1C(=O)O)[C@@H](OC[C@](C)(N)C(C)(C)C)[C@H](n1ncnc1[C@H]1CCN(C(N)=O)C1)C5. The first-order chi connectivity index (χ1) is 25.5. The molecular weight excluding hydrogens is 693 g/mol. The van der Waals surface area contributed by atoms with E-state index in [2.05, 4.69) is 86.9 Å². The Labute approximate surface area is 330 Å². The van der Waals surface area contributed by atoms with Crippen molar-refractivity contribution in [3.05, 3.63) is 23.8 Å². The molecule has 11 heteroatoms. The number of carboxylic acids is 1. The van der Waals surface area contributed by atoms with Crippen molar-refractivity contribution in [2.24, 2.45) is 73.5 Å². The summed E-state index contributed by atoms with van der Waals surface area (Å²) in [5, 5.41) is 16.2. The largest absolute Gasteiger partial charge is 0.481 e. The summed E-state index contributed by atoms with van der Waals surface area (Å²) in [5.74, 6) is 0.975. The van der Waals surface area contributed by atoms with Crippen LogP contribution >= 0.6 is 0 Å². The van der Waals surface area contributed by atoms with Gasteiger partial charge in [-0.2, -0.15) is 5.10 Å². The van der Waals surface area contributed by atoms with E-state index >= 15 is 0 Å². The lowest BCUT2D eigenvalue weighted by atomic mass is 9.34. The fourth-order valence-electron chi connectivity index (χ4n) is 13.5. The van der Waals surface area contributed by atoms with E-state index in [1.165, 1.54) is 5.57 Å². The monoisotopic (exact) mass is 765 g/mol. The van der Waals surface area contributed by atoms with Crippen molar-refractivity contribution >= 4 is 12.0 Å². The van der Waals surface area contributed by atoms with Crippen LogP contribution in [-0.4, -0.2) is 81.3 Å². The lowest BCUT2D eigenvalue weighted by Gasteiger charge is -2.71. The molecule has 0 radical (unpaired) electrons. The third kappa shape index (κ3) is 5.80. The van der Waals surface area contributed by atoms with Crippen LogP contribution in [0.1, 0.15) is 139 Å². The molecule has 1 aromatic rings. The number of ether oxygens (including phenoxy) is 2. The summed E-state index contributed by atoms with van der Waals surface area (Å²) >= 11 is 0. The van der Waals surface area contributed by atoms with E-state index in [1.54, 1.807) is 11.2 Å². The number of nitrogens with two attached hydrogens (primary N) is 2. The van der Waals surface area contributed by atoms with Gasteiger partial charge in [-0.15, -0.1) is 0 Å². The van der Waals surface area contributed by atoms with Gasteiger partial charge in [-0.25, -0.2) is 14.5 Å². The van der Waals surface area contributed by atoms with Crippen LogP contribution in [0.15, 0.2) is 18.0 Å². The Hall–Kier alpha value is -2.50. The van der Waals surface area contributed by atoms with Crippen molar-refractivity contribution in [1.82, 2.24) is 19.7 Å². The molecule has 0 spiro atoms. The van der Waals surface area contributed by atoms with E-state index in [0.29, 0.717) is 51.2 Å². The number of carboxylic acid groups (broad SMARTS) is 1. The number of primary amides is 1. The molecule has 308 valence electrons. The number of urea groups is 1. The van der Waals surface area contributed by atoms with Crippen LogP contribution in [0.3, 0.4) is 0 Å². The number of hydrogen-bond acceptors (Lipinski definition) is 7. The third-order valence-corrected chi connectivity index (χ3v) is 18.1. The van der Waals surface area contributed by atoms with Crippen LogP contribution in [0, 0.1) is 62.1 Å². The van der Waals surface area contributed by atoms with E-state index in [9.17, 15) is 14.7 Å². The molecule has 2 saturated heterocycles. The zero-order valence-electron chi connectivity index (χ0n) is 35.8. The highest BCUT2D eigenvalue weighted by Crippen LogP contribution is 2.75. The number of rotatable bonds is 8. The molecule has 0 aromatic carbocycles. The van der Waals surface area contributed by atoms with E-state index < -0.39 is 34.3 Å². The quantitative estimate of drug-likeness (QED) is 0.231. The maximum absolute atomic E-state index is 13.7. The number of amides is 2. The highest BCUT2D eigenvalue weighted by Gasteiger charge is 2.73. The van der Waals surface area contributed by atoms with Gasteiger partial charge in [-0.3, -0.25) is 4.79 Å². The van der Waals surface area contributed by atoms with Gasteiger partial charge in [-0.1, -0.05) is 80.9 Å². The lowest BCUT2D eigenvalue weighted by molar-refractivity contribution is -0.255. The predicted octanol–water partition coefficient (Wildman–Crippen LogP) is 7.42. The molecule has 2 amide bonds. The maximum atomic E-state index is 13.7. The Morgan fingerprint density at radius 2 is 1.76 bits per heavy atom. The number of aliphatic carboxylic acids is 1. The summed E-state index contributed by atoms with van der Waals surface area (Å²) in [4.78, 5) is 32.5. The molecule has 3 saturated carbocycles. The lowest BCUT2D eigenvalue weighted by Crippen LogP contribution is -2.70. The third-order valence-electron chi connectivity index (χ3n) is 18.1. The number of aromatic nitrogens is 3. The van der Waals surface area contributed by atoms with E-state index in [1.807, 2.05) is 0 Å². The highest BCUT2D eigenvalue weighted by atomic mass is 16.5. The second kappa shape index (κ2) is 13.3. The molecule has 5 fully saturated rings. The molecule has 4 aliphatic carbocycles. The fraction of sp³-hybridized carbons (Fsp3) is 0.864. The number of hydrogen-bond donors (Lipinski definition) is 3. The van der Waals surface area contributed by atoms with Crippen LogP contribution in [-0.2, 0) is 14.3 Å². The summed E-state index contributed by atoms with van der Waals surface area (Å²) in [6, 6.07) is -0.544. The number of allylic oxidation sites excluding steroid dienone is 1. The molecule has 3 heterocycles. The van der Waals surface area contributed by atoms with E-state index in [0.717, 1.165) is 44.3 Å². The second-order valence-electron chi connectivity index (χ2n) is 21.9. The molecule has 7 rings (SSSR count). The minimum Gasteiger partial charge on any atom is -0.481 e. The van der Waals surface area contributed by atoms with Crippen LogP contribution in [0.2, 0.25) is 0 Å². The van der Waals surface area contributed by atoms with Crippen molar-refractivity contribution in [3.8, 4) is 0 Å². The zero-order chi connectivity index (χ0) is 40.3. The smallest absolute Gasteiger partial charge is 0.314 e. The van der Waals surface area contributed by atoms with Crippen molar-refractivity contribution in [3.63, 3.8) is 0 Å². The Kier molecular flexibility index (Phi) is 9.81. The van der Waals surface area contributed by atoms with Gasteiger partial charge >= 0.3 is 12.0 Å². The number of carbonyl (C=O) groups is 2. The summed E-state index contributed by atoms with van der Waals surface area (Å²) in [6.45, 7) is 27.5. The normalized spacial score (nSPS) is 43.1. The van der Waals surface area contributed by atoms with E-state index in [-0.39, 0.29) is 51.6 Å². The predicted molar refractivity (Wildman–Crippen MR) is 213 cm³/mol. The van der Waals surface area contributed by atoms with Crippen LogP contribution < -0.4 is 11.5 Å². The summed E-state index contributed by atoms with van der Waals surface area (Å²) in [6.07, 6.45) is 10.1. The van der Waals surface area contributed by atoms with Gasteiger partial charge in [0.15, 0.2) is 0 Å². The topological polar surface area (TPSA) is 159 Å². The number of likely N-dealkylation sites (tertiary alicyclic amines) is 1. The van der Waals surface area contributed by atoms with Gasteiger partial charge in [-0.05, 0) is 103 Å². The van der Waals surface area contributed by atoms with Crippen LogP contribution in [0.25, 0.3) is 0 Å². The molecule has 13 atom stereocenters. The second-order valence-corrected chi connectivity index (χ2v) is 21.9. The van der Waals surface area contributed by atoms with Gasteiger partial charge in [0.05, 0.1) is 37.9 Å². The molecule has 11 nitrogen and oxygen atoms in total. The van der Waals surface area contributed by atoms with Gasteiger partial charge < -0.3 is 30.9 Å². The van der Waals surface area contributed by atoms with Crippen molar-refractivity contribution in [1.29, 1.82) is 0 Å².